The van der Waals surface area contributed by atoms with Gasteiger partial charge in [0.25, 0.3) is 0 Å². The maximum atomic E-state index is 13.3. The van der Waals surface area contributed by atoms with Gasteiger partial charge in [0.1, 0.15) is 16.8 Å². The normalized spacial score (nSPS) is 22.5. The molecule has 0 saturated carbocycles. The molecule has 1 N–H and O–H groups in total. The van der Waals surface area contributed by atoms with Gasteiger partial charge in [0, 0.05) is 13.1 Å². The van der Waals surface area contributed by atoms with Crippen LogP contribution < -0.4 is 10.2 Å². The Morgan fingerprint density at radius 2 is 1.92 bits per heavy atom. The van der Waals surface area contributed by atoms with Crippen LogP contribution in [0.1, 0.15) is 36.7 Å². The zero-order chi connectivity index (χ0) is 18.1. The topological polar surface area (TPSA) is 72.3 Å². The molecule has 3 heterocycles. The highest BCUT2D eigenvalue weighted by atomic mass is 32.2. The van der Waals surface area contributed by atoms with Gasteiger partial charge in [0.15, 0.2) is 0 Å². The number of nitrogens with one attached hydrogen (secondary N) is 1. The van der Waals surface area contributed by atoms with E-state index in [4.69, 9.17) is 4.74 Å². The Bertz CT molecular complexity index is 785. The van der Waals surface area contributed by atoms with E-state index < -0.39 is 0 Å². The molecule has 2 aliphatic rings. The Kier molecular flexibility index (Phi) is 4.76. The molecular formula is C18H23N5O2S. The van der Waals surface area contributed by atoms with Crippen LogP contribution in [0.2, 0.25) is 0 Å². The van der Waals surface area contributed by atoms with Crippen LogP contribution in [0.15, 0.2) is 29.4 Å². The number of methoxy groups -OCH3 is 1. The molecule has 1 fully saturated rings. The van der Waals surface area contributed by atoms with E-state index in [9.17, 15) is 4.79 Å². The molecule has 1 aromatic carbocycles. The van der Waals surface area contributed by atoms with Crippen molar-refractivity contribution in [2.75, 3.05) is 25.6 Å². The molecule has 1 aromatic heterocycles. The number of nitrogens with zero attached hydrogens (tertiary/aromatic N) is 4. The number of carbonyl (C=O) groups is 1. The summed E-state index contributed by atoms with van der Waals surface area (Å²) in [5.74, 6) is 1.77. The Balaban J connectivity index is 1.66. The summed E-state index contributed by atoms with van der Waals surface area (Å²) in [4.78, 5) is 15.3. The molecule has 138 valence electrons. The average molecular weight is 373 g/mol. The van der Waals surface area contributed by atoms with E-state index in [0.29, 0.717) is 0 Å². The maximum absolute atomic E-state index is 13.3. The highest BCUT2D eigenvalue weighted by molar-refractivity contribution is 8.00. The van der Waals surface area contributed by atoms with Crippen molar-refractivity contribution in [1.29, 1.82) is 0 Å². The van der Waals surface area contributed by atoms with Gasteiger partial charge in [-0.2, -0.15) is 0 Å². The molecular weight excluding hydrogens is 350 g/mol. The molecule has 0 radical (unpaired) electrons. The monoisotopic (exact) mass is 373 g/mol. The molecule has 0 aliphatic carbocycles. The average Bonchev–Trinajstić information content (AvgIpc) is 3.07. The first kappa shape index (κ1) is 17.2. The maximum Gasteiger partial charge on any atom is 0.238 e. The van der Waals surface area contributed by atoms with E-state index in [1.54, 1.807) is 7.11 Å². The number of rotatable bonds is 3. The number of amides is 1. The molecule has 1 amide bonds. The standard InChI is InChI=1S/C18H23N5O2S/c1-12-19-20-18-23(12)21-15(13-6-8-14(25-2)9-7-13)16(26-18)17(24)22-10-4-3-5-11-22/h6-9,15-16,21H,3-5,10-11H2,1-2H3/t15-,16+/m0/s1. The largest absolute Gasteiger partial charge is 0.497 e. The van der Waals surface area contributed by atoms with Crippen LogP contribution in [-0.2, 0) is 4.79 Å². The van der Waals surface area contributed by atoms with Crippen molar-refractivity contribution in [3.8, 4) is 5.75 Å². The van der Waals surface area contributed by atoms with Crippen molar-refractivity contribution < 1.29 is 9.53 Å². The summed E-state index contributed by atoms with van der Waals surface area (Å²) in [6.45, 7) is 3.59. The van der Waals surface area contributed by atoms with Gasteiger partial charge in [0.2, 0.25) is 11.1 Å². The van der Waals surface area contributed by atoms with Gasteiger partial charge in [-0.1, -0.05) is 23.9 Å². The molecule has 2 aromatic rings. The highest BCUT2D eigenvalue weighted by Crippen LogP contribution is 2.38. The van der Waals surface area contributed by atoms with Crippen molar-refractivity contribution in [3.05, 3.63) is 35.7 Å². The van der Waals surface area contributed by atoms with E-state index >= 15 is 0 Å². The van der Waals surface area contributed by atoms with Crippen LogP contribution >= 0.6 is 11.8 Å². The molecule has 2 atom stereocenters. The molecule has 0 spiro atoms. The van der Waals surface area contributed by atoms with Gasteiger partial charge in [-0.05, 0) is 43.9 Å². The second-order valence-electron chi connectivity index (χ2n) is 6.67. The molecule has 2 aliphatic heterocycles. The van der Waals surface area contributed by atoms with E-state index in [1.165, 1.54) is 18.2 Å². The minimum absolute atomic E-state index is 0.150. The molecule has 0 bridgehead atoms. The molecule has 26 heavy (non-hydrogen) atoms. The number of benzene rings is 1. The number of likely N-dealkylation sites (tertiary alicyclic amines) is 1. The number of piperidine rings is 1. The van der Waals surface area contributed by atoms with Crippen molar-refractivity contribution in [3.63, 3.8) is 0 Å². The predicted molar refractivity (Wildman–Crippen MR) is 99.9 cm³/mol. The van der Waals surface area contributed by atoms with Gasteiger partial charge >= 0.3 is 0 Å². The zero-order valence-electron chi connectivity index (χ0n) is 15.0. The number of ether oxygens (including phenoxy) is 1. The second kappa shape index (κ2) is 7.19. The smallest absolute Gasteiger partial charge is 0.238 e. The predicted octanol–water partition coefficient (Wildman–Crippen LogP) is 2.37. The molecule has 1 saturated heterocycles. The van der Waals surface area contributed by atoms with Gasteiger partial charge < -0.3 is 15.1 Å². The van der Waals surface area contributed by atoms with Gasteiger partial charge in [-0.3, -0.25) is 4.79 Å². The van der Waals surface area contributed by atoms with Crippen LogP contribution in [0.3, 0.4) is 0 Å². The van der Waals surface area contributed by atoms with Crippen LogP contribution in [0.5, 0.6) is 5.75 Å². The van der Waals surface area contributed by atoms with Gasteiger partial charge in [0.05, 0.1) is 13.2 Å². The zero-order valence-corrected chi connectivity index (χ0v) is 15.8. The quantitative estimate of drug-likeness (QED) is 0.891. The fourth-order valence-corrected chi connectivity index (χ4v) is 4.71. The first-order chi connectivity index (χ1) is 12.7. The van der Waals surface area contributed by atoms with Crippen LogP contribution in [0.25, 0.3) is 0 Å². The first-order valence-electron chi connectivity index (χ1n) is 8.95. The molecule has 0 unspecified atom stereocenters. The molecule has 4 rings (SSSR count). The third-order valence-electron chi connectivity index (χ3n) is 4.98. The minimum Gasteiger partial charge on any atom is -0.497 e. The summed E-state index contributed by atoms with van der Waals surface area (Å²) in [7, 11) is 1.65. The summed E-state index contributed by atoms with van der Waals surface area (Å²) in [5, 5.41) is 8.83. The van der Waals surface area contributed by atoms with Gasteiger partial charge in [-0.15, -0.1) is 10.2 Å². The third kappa shape index (κ3) is 3.13. The number of carbonyl (C=O) groups excluding carboxylic acids is 1. The lowest BCUT2D eigenvalue weighted by atomic mass is 10.0. The fourth-order valence-electron chi connectivity index (χ4n) is 3.50. The fraction of sp³-hybridized carbons (Fsp3) is 0.500. The molecule has 8 heteroatoms. The third-order valence-corrected chi connectivity index (χ3v) is 6.19. The lowest BCUT2D eigenvalue weighted by molar-refractivity contribution is -0.131. The second-order valence-corrected chi connectivity index (χ2v) is 7.78. The molecule has 7 nitrogen and oxygen atoms in total. The lowest BCUT2D eigenvalue weighted by Gasteiger charge is -2.37. The Labute approximate surface area is 157 Å². The number of thioether (sulfide) groups is 1. The van der Waals surface area contributed by atoms with Gasteiger partial charge in [-0.25, -0.2) is 4.68 Å². The summed E-state index contributed by atoms with van der Waals surface area (Å²) in [6.07, 6.45) is 3.37. The summed E-state index contributed by atoms with van der Waals surface area (Å²) >= 11 is 1.50. The van der Waals surface area contributed by atoms with Crippen LogP contribution in [-0.4, -0.2) is 51.1 Å². The van der Waals surface area contributed by atoms with Crippen molar-refractivity contribution in [1.82, 2.24) is 19.8 Å². The van der Waals surface area contributed by atoms with E-state index in [1.807, 2.05) is 40.8 Å². The van der Waals surface area contributed by atoms with Crippen molar-refractivity contribution in [2.24, 2.45) is 0 Å². The summed E-state index contributed by atoms with van der Waals surface area (Å²) < 4.78 is 7.14. The lowest BCUT2D eigenvalue weighted by Crippen LogP contribution is -2.47. The Morgan fingerprint density at radius 1 is 1.19 bits per heavy atom. The number of hydrogen-bond donors (Lipinski definition) is 1. The van der Waals surface area contributed by atoms with E-state index in [0.717, 1.165) is 48.2 Å². The summed E-state index contributed by atoms with van der Waals surface area (Å²) in [6, 6.07) is 7.73. The minimum atomic E-state index is -0.266. The van der Waals surface area contributed by atoms with Crippen molar-refractivity contribution in [2.45, 2.75) is 42.6 Å². The number of fused-ring (bicyclic) bond motifs is 1. The number of aryl methyl sites for hydroxylation is 1. The van der Waals surface area contributed by atoms with Crippen molar-refractivity contribution >= 4 is 17.7 Å². The SMILES string of the molecule is COc1ccc([C@@H]2Nn3c(C)nnc3S[C@H]2C(=O)N2CCCCC2)cc1. The number of aromatic nitrogens is 3. The Hall–Kier alpha value is -2.22. The van der Waals surface area contributed by atoms with E-state index in [-0.39, 0.29) is 17.2 Å². The Morgan fingerprint density at radius 3 is 2.62 bits per heavy atom. The first-order valence-corrected chi connectivity index (χ1v) is 9.83. The van der Waals surface area contributed by atoms with Crippen LogP contribution in [0, 0.1) is 6.92 Å². The van der Waals surface area contributed by atoms with E-state index in [2.05, 4.69) is 15.6 Å². The van der Waals surface area contributed by atoms with Crippen LogP contribution in [0.4, 0.5) is 0 Å². The number of hydrogen-bond acceptors (Lipinski definition) is 6. The highest BCUT2D eigenvalue weighted by Gasteiger charge is 2.39. The summed E-state index contributed by atoms with van der Waals surface area (Å²) in [5.41, 5.74) is 4.50.